The summed E-state index contributed by atoms with van der Waals surface area (Å²) < 4.78 is 0. The van der Waals surface area contributed by atoms with Crippen LogP contribution in [0, 0.1) is 5.41 Å². The molecule has 1 unspecified atom stereocenters. The molecule has 0 aliphatic heterocycles. The van der Waals surface area contributed by atoms with Gasteiger partial charge < -0.3 is 16.4 Å². The Morgan fingerprint density at radius 2 is 1.68 bits per heavy atom. The highest BCUT2D eigenvalue weighted by Crippen LogP contribution is 2.20. The van der Waals surface area contributed by atoms with Gasteiger partial charge >= 0.3 is 0 Å². The van der Waals surface area contributed by atoms with E-state index in [1.54, 1.807) is 31.2 Å². The van der Waals surface area contributed by atoms with Crippen LogP contribution in [-0.4, -0.2) is 17.9 Å². The van der Waals surface area contributed by atoms with E-state index in [4.69, 9.17) is 5.73 Å². The number of benzene rings is 1. The number of nitrogens with one attached hydrogen (secondary N) is 2. The molecule has 0 aliphatic rings. The second-order valence-electron chi connectivity index (χ2n) is 5.56. The van der Waals surface area contributed by atoms with Gasteiger partial charge in [0.1, 0.15) is 0 Å². The average Bonchev–Trinajstić information content (AvgIpc) is 2.27. The summed E-state index contributed by atoms with van der Waals surface area (Å²) in [5, 5.41) is 5.48. The Morgan fingerprint density at radius 3 is 2.16 bits per heavy atom. The van der Waals surface area contributed by atoms with Gasteiger partial charge in [-0.2, -0.15) is 0 Å². The maximum absolute atomic E-state index is 11.9. The summed E-state index contributed by atoms with van der Waals surface area (Å²) in [6.45, 7) is 7.12. The van der Waals surface area contributed by atoms with E-state index in [9.17, 15) is 9.59 Å². The molecular weight excluding hydrogens is 242 g/mol. The molecule has 1 aromatic rings. The largest absolute Gasteiger partial charge is 0.326 e. The van der Waals surface area contributed by atoms with Gasteiger partial charge in [-0.1, -0.05) is 26.8 Å². The van der Waals surface area contributed by atoms with Crippen LogP contribution in [0.2, 0.25) is 0 Å². The predicted molar refractivity (Wildman–Crippen MR) is 76.8 cm³/mol. The average molecular weight is 263 g/mol. The number of amides is 2. The lowest BCUT2D eigenvalue weighted by Gasteiger charge is -2.18. The van der Waals surface area contributed by atoms with Gasteiger partial charge in [0.15, 0.2) is 0 Å². The highest BCUT2D eigenvalue weighted by atomic mass is 16.2. The van der Waals surface area contributed by atoms with Crippen molar-refractivity contribution in [3.8, 4) is 0 Å². The molecule has 0 spiro atoms. The number of nitrogens with two attached hydrogens (primary N) is 1. The first-order valence-corrected chi connectivity index (χ1v) is 6.18. The van der Waals surface area contributed by atoms with Crippen molar-refractivity contribution in [1.82, 2.24) is 0 Å². The van der Waals surface area contributed by atoms with E-state index >= 15 is 0 Å². The minimum Gasteiger partial charge on any atom is -0.326 e. The minimum atomic E-state index is -0.576. The molecule has 2 amide bonds. The van der Waals surface area contributed by atoms with Gasteiger partial charge in [-0.05, 0) is 25.1 Å². The van der Waals surface area contributed by atoms with Crippen molar-refractivity contribution in [2.75, 3.05) is 10.6 Å². The molecule has 104 valence electrons. The van der Waals surface area contributed by atoms with Crippen molar-refractivity contribution in [1.29, 1.82) is 0 Å². The first-order valence-electron chi connectivity index (χ1n) is 6.18. The molecule has 1 rings (SSSR count). The van der Waals surface area contributed by atoms with Crippen LogP contribution in [0.4, 0.5) is 11.4 Å². The Labute approximate surface area is 113 Å². The molecule has 0 radical (unpaired) electrons. The highest BCUT2D eigenvalue weighted by molar-refractivity contribution is 5.97. The third-order valence-electron chi connectivity index (χ3n) is 2.48. The summed E-state index contributed by atoms with van der Waals surface area (Å²) >= 11 is 0. The van der Waals surface area contributed by atoms with Crippen LogP contribution in [-0.2, 0) is 9.59 Å². The molecule has 0 saturated heterocycles. The minimum absolute atomic E-state index is 0.0804. The number of hydrogen-bond acceptors (Lipinski definition) is 3. The zero-order valence-electron chi connectivity index (χ0n) is 11.8. The van der Waals surface area contributed by atoms with Gasteiger partial charge in [0.05, 0.1) is 6.04 Å². The van der Waals surface area contributed by atoms with Crippen molar-refractivity contribution in [2.24, 2.45) is 11.1 Å². The van der Waals surface area contributed by atoms with Crippen LogP contribution in [0.15, 0.2) is 24.3 Å². The van der Waals surface area contributed by atoms with Crippen LogP contribution in [0.1, 0.15) is 27.7 Å². The first kappa shape index (κ1) is 15.2. The van der Waals surface area contributed by atoms with E-state index in [0.717, 1.165) is 0 Å². The van der Waals surface area contributed by atoms with Crippen LogP contribution < -0.4 is 16.4 Å². The van der Waals surface area contributed by atoms with Crippen LogP contribution in [0.5, 0.6) is 0 Å². The topological polar surface area (TPSA) is 84.2 Å². The lowest BCUT2D eigenvalue weighted by molar-refractivity contribution is -0.123. The molecule has 0 bridgehead atoms. The van der Waals surface area contributed by atoms with E-state index in [-0.39, 0.29) is 11.8 Å². The van der Waals surface area contributed by atoms with E-state index < -0.39 is 11.5 Å². The summed E-state index contributed by atoms with van der Waals surface area (Å²) in [6.07, 6.45) is 0. The first-order chi connectivity index (χ1) is 8.70. The summed E-state index contributed by atoms with van der Waals surface area (Å²) in [4.78, 5) is 23.3. The zero-order valence-corrected chi connectivity index (χ0v) is 11.8. The second kappa shape index (κ2) is 5.84. The van der Waals surface area contributed by atoms with Gasteiger partial charge in [0, 0.05) is 16.8 Å². The quantitative estimate of drug-likeness (QED) is 0.779. The molecule has 1 aromatic carbocycles. The fourth-order valence-electron chi connectivity index (χ4n) is 1.25. The number of hydrogen-bond donors (Lipinski definition) is 3. The predicted octanol–water partition coefficient (Wildman–Crippen LogP) is 1.96. The summed E-state index contributed by atoms with van der Waals surface area (Å²) in [7, 11) is 0. The third-order valence-corrected chi connectivity index (χ3v) is 2.48. The summed E-state index contributed by atoms with van der Waals surface area (Å²) in [5.41, 5.74) is 6.26. The Morgan fingerprint density at radius 1 is 1.16 bits per heavy atom. The zero-order chi connectivity index (χ0) is 14.6. The number of rotatable bonds is 3. The lowest BCUT2D eigenvalue weighted by Crippen LogP contribution is -2.32. The number of anilines is 2. The fourth-order valence-corrected chi connectivity index (χ4v) is 1.25. The molecule has 1 atom stereocenters. The normalized spacial score (nSPS) is 12.7. The van der Waals surface area contributed by atoms with E-state index in [1.807, 2.05) is 20.8 Å². The van der Waals surface area contributed by atoms with Gasteiger partial charge in [0.25, 0.3) is 0 Å². The summed E-state index contributed by atoms with van der Waals surface area (Å²) in [5.74, 6) is -0.345. The van der Waals surface area contributed by atoms with E-state index in [2.05, 4.69) is 10.6 Å². The van der Waals surface area contributed by atoms with Gasteiger partial charge in [0.2, 0.25) is 11.8 Å². The van der Waals surface area contributed by atoms with Gasteiger partial charge in [-0.3, -0.25) is 9.59 Å². The van der Waals surface area contributed by atoms with Gasteiger partial charge in [-0.15, -0.1) is 0 Å². The molecule has 0 aromatic heterocycles. The summed E-state index contributed by atoms with van der Waals surface area (Å²) in [6, 6.07) is 6.39. The van der Waals surface area contributed by atoms with Crippen molar-refractivity contribution in [3.63, 3.8) is 0 Å². The standard InChI is InChI=1S/C14H21N3O2/c1-9(15)12(18)16-10-6-5-7-11(8-10)17-13(19)14(2,3)4/h5-9H,15H2,1-4H3,(H,16,18)(H,17,19). The highest BCUT2D eigenvalue weighted by Gasteiger charge is 2.21. The third kappa shape index (κ3) is 4.71. The smallest absolute Gasteiger partial charge is 0.240 e. The van der Waals surface area contributed by atoms with Crippen molar-refractivity contribution in [2.45, 2.75) is 33.7 Å². The Hall–Kier alpha value is -1.88. The fraction of sp³-hybridized carbons (Fsp3) is 0.429. The number of carbonyl (C=O) groups excluding carboxylic acids is 2. The molecule has 0 saturated carbocycles. The molecule has 5 heteroatoms. The van der Waals surface area contributed by atoms with Crippen LogP contribution in [0.3, 0.4) is 0 Å². The molecule has 19 heavy (non-hydrogen) atoms. The monoisotopic (exact) mass is 263 g/mol. The molecule has 0 aliphatic carbocycles. The SMILES string of the molecule is CC(N)C(=O)Nc1cccc(NC(=O)C(C)(C)C)c1. The van der Waals surface area contributed by atoms with E-state index in [0.29, 0.717) is 11.4 Å². The maximum Gasteiger partial charge on any atom is 0.240 e. The second-order valence-corrected chi connectivity index (χ2v) is 5.56. The Kier molecular flexibility index (Phi) is 4.67. The molecular formula is C14H21N3O2. The van der Waals surface area contributed by atoms with Gasteiger partial charge in [-0.25, -0.2) is 0 Å². The van der Waals surface area contributed by atoms with Crippen LogP contribution >= 0.6 is 0 Å². The molecule has 0 heterocycles. The van der Waals surface area contributed by atoms with Crippen molar-refractivity contribution in [3.05, 3.63) is 24.3 Å². The molecule has 5 nitrogen and oxygen atoms in total. The van der Waals surface area contributed by atoms with Crippen molar-refractivity contribution < 1.29 is 9.59 Å². The van der Waals surface area contributed by atoms with Crippen LogP contribution in [0.25, 0.3) is 0 Å². The lowest BCUT2D eigenvalue weighted by atomic mass is 9.95. The van der Waals surface area contributed by atoms with E-state index in [1.165, 1.54) is 0 Å². The Balaban J connectivity index is 2.78. The Bertz CT molecular complexity index is 476. The number of carbonyl (C=O) groups is 2. The molecule has 0 fully saturated rings. The van der Waals surface area contributed by atoms with Crippen molar-refractivity contribution >= 4 is 23.2 Å². The maximum atomic E-state index is 11.9. The molecule has 4 N–H and O–H groups in total.